The number of aromatic nitrogens is 2. The van der Waals surface area contributed by atoms with Crippen LogP contribution in [0.5, 0.6) is 0 Å². The summed E-state index contributed by atoms with van der Waals surface area (Å²) in [6, 6.07) is 2.83. The van der Waals surface area contributed by atoms with E-state index in [0.717, 1.165) is 0 Å². The highest BCUT2D eigenvalue weighted by Gasteiger charge is 2.28. The van der Waals surface area contributed by atoms with Crippen LogP contribution in [0.3, 0.4) is 0 Å². The van der Waals surface area contributed by atoms with Crippen molar-refractivity contribution in [2.45, 2.75) is 6.04 Å². The summed E-state index contributed by atoms with van der Waals surface area (Å²) in [7, 11) is 0. The Morgan fingerprint density at radius 1 is 1.45 bits per heavy atom. The van der Waals surface area contributed by atoms with Gasteiger partial charge < -0.3 is 16.8 Å². The van der Waals surface area contributed by atoms with Crippen molar-refractivity contribution in [1.29, 1.82) is 0 Å². The van der Waals surface area contributed by atoms with Gasteiger partial charge in [-0.25, -0.2) is 4.68 Å². The Bertz CT molecular complexity index is 739. The first kappa shape index (κ1) is 12.8. The molecule has 5 N–H and O–H groups in total. The van der Waals surface area contributed by atoms with Crippen molar-refractivity contribution >= 4 is 33.4 Å². The smallest absolute Gasteiger partial charge is 0.251 e. The average molecular weight is 336 g/mol. The molecule has 20 heavy (non-hydrogen) atoms. The molecular formula is C12H10BrN5O2. The molecule has 1 aromatic heterocycles. The summed E-state index contributed by atoms with van der Waals surface area (Å²) in [5, 5.41) is 6.77. The van der Waals surface area contributed by atoms with Crippen LogP contribution in [0.15, 0.2) is 29.0 Å². The van der Waals surface area contributed by atoms with E-state index in [1.807, 2.05) is 0 Å². The first-order valence-corrected chi connectivity index (χ1v) is 6.51. The van der Waals surface area contributed by atoms with E-state index in [-0.39, 0.29) is 5.91 Å². The number of anilines is 1. The summed E-state index contributed by atoms with van der Waals surface area (Å²) in [5.41, 5.74) is 13.3. The van der Waals surface area contributed by atoms with Gasteiger partial charge in [-0.3, -0.25) is 9.59 Å². The van der Waals surface area contributed by atoms with Gasteiger partial charge in [-0.2, -0.15) is 5.10 Å². The predicted octanol–water partition coefficient (Wildman–Crippen LogP) is 0.686. The fourth-order valence-electron chi connectivity index (χ4n) is 2.05. The van der Waals surface area contributed by atoms with Crippen LogP contribution in [0.1, 0.15) is 22.0 Å². The predicted molar refractivity (Wildman–Crippen MR) is 75.3 cm³/mol. The number of amides is 2. The van der Waals surface area contributed by atoms with Crippen LogP contribution in [-0.4, -0.2) is 21.6 Å². The molecular weight excluding hydrogens is 326 g/mol. The van der Waals surface area contributed by atoms with E-state index in [1.54, 1.807) is 12.1 Å². The fraction of sp³-hybridized carbons (Fsp3) is 0.0833. The highest BCUT2D eigenvalue weighted by atomic mass is 79.9. The fourth-order valence-corrected chi connectivity index (χ4v) is 2.59. The third-order valence-electron chi connectivity index (χ3n) is 3.11. The minimum absolute atomic E-state index is 0.248. The van der Waals surface area contributed by atoms with E-state index in [0.29, 0.717) is 27.0 Å². The molecule has 0 radical (unpaired) electrons. The van der Waals surface area contributed by atoms with Gasteiger partial charge in [0, 0.05) is 21.9 Å². The third kappa shape index (κ3) is 1.89. The molecule has 0 saturated heterocycles. The lowest BCUT2D eigenvalue weighted by molar-refractivity contribution is -0.116. The second-order valence-electron chi connectivity index (χ2n) is 4.40. The Balaban J connectivity index is 2.09. The van der Waals surface area contributed by atoms with Crippen LogP contribution in [0.25, 0.3) is 5.69 Å². The van der Waals surface area contributed by atoms with E-state index in [4.69, 9.17) is 11.5 Å². The van der Waals surface area contributed by atoms with Gasteiger partial charge in [-0.15, -0.1) is 0 Å². The second-order valence-corrected chi connectivity index (χ2v) is 5.25. The number of carbonyl (C=O) groups excluding carboxylic acids is 2. The van der Waals surface area contributed by atoms with Gasteiger partial charge in [0.15, 0.2) is 0 Å². The van der Waals surface area contributed by atoms with Crippen molar-refractivity contribution in [3.05, 3.63) is 40.1 Å². The number of fused-ring (bicyclic) bond motifs is 1. The van der Waals surface area contributed by atoms with Crippen LogP contribution in [0.2, 0.25) is 0 Å². The van der Waals surface area contributed by atoms with Gasteiger partial charge in [0.1, 0.15) is 6.04 Å². The Labute approximate surface area is 122 Å². The maximum absolute atomic E-state index is 11.5. The molecule has 0 bridgehead atoms. The first-order chi connectivity index (χ1) is 9.47. The molecule has 7 nitrogen and oxygen atoms in total. The summed E-state index contributed by atoms with van der Waals surface area (Å²) in [6.07, 6.45) is 2.90. The Hall–Kier alpha value is -2.19. The Morgan fingerprint density at radius 3 is 2.85 bits per heavy atom. The molecule has 3 rings (SSSR count). The minimum Gasteiger partial charge on any atom is -0.366 e. The summed E-state index contributed by atoms with van der Waals surface area (Å²) in [6.45, 7) is 0. The average Bonchev–Trinajstić information content (AvgIpc) is 2.97. The molecule has 2 aromatic rings. The number of carbonyl (C=O) groups is 2. The third-order valence-corrected chi connectivity index (χ3v) is 3.74. The summed E-state index contributed by atoms with van der Waals surface area (Å²) < 4.78 is 2.21. The highest BCUT2D eigenvalue weighted by Crippen LogP contribution is 2.35. The van der Waals surface area contributed by atoms with Crippen molar-refractivity contribution in [1.82, 2.24) is 9.78 Å². The molecule has 1 aliphatic heterocycles. The van der Waals surface area contributed by atoms with E-state index >= 15 is 0 Å². The van der Waals surface area contributed by atoms with Gasteiger partial charge in [0.2, 0.25) is 5.91 Å². The number of primary amides is 1. The number of benzene rings is 1. The molecule has 1 aromatic carbocycles. The van der Waals surface area contributed by atoms with Crippen molar-refractivity contribution in [2.75, 3.05) is 5.32 Å². The van der Waals surface area contributed by atoms with E-state index in [2.05, 4.69) is 26.3 Å². The monoisotopic (exact) mass is 335 g/mol. The molecule has 0 fully saturated rings. The zero-order valence-corrected chi connectivity index (χ0v) is 11.7. The van der Waals surface area contributed by atoms with Crippen LogP contribution in [0.4, 0.5) is 5.69 Å². The zero-order chi connectivity index (χ0) is 14.4. The Morgan fingerprint density at radius 2 is 2.20 bits per heavy atom. The van der Waals surface area contributed by atoms with Gasteiger partial charge in [0.25, 0.3) is 5.91 Å². The number of rotatable bonds is 2. The largest absolute Gasteiger partial charge is 0.366 e. The normalized spacial score (nSPS) is 16.9. The van der Waals surface area contributed by atoms with E-state index in [1.165, 1.54) is 17.1 Å². The summed E-state index contributed by atoms with van der Waals surface area (Å²) >= 11 is 3.41. The molecule has 2 heterocycles. The lowest BCUT2D eigenvalue weighted by Crippen LogP contribution is -2.19. The van der Waals surface area contributed by atoms with Gasteiger partial charge in [-0.05, 0) is 28.1 Å². The molecule has 102 valence electrons. The highest BCUT2D eigenvalue weighted by molar-refractivity contribution is 9.10. The summed E-state index contributed by atoms with van der Waals surface area (Å²) in [5.74, 6) is -0.800. The Kier molecular flexibility index (Phi) is 2.84. The molecule has 2 amide bonds. The van der Waals surface area contributed by atoms with Crippen molar-refractivity contribution < 1.29 is 9.59 Å². The molecule has 0 aliphatic carbocycles. The molecule has 1 atom stereocenters. The lowest BCUT2D eigenvalue weighted by atomic mass is 10.1. The SMILES string of the molecule is NC(=O)c1cnn(-c2cc3c(cc2Br)C(N)C(=O)N3)c1. The quantitative estimate of drug-likeness (QED) is 0.748. The standard InChI is InChI=1S/C12H10BrN5O2/c13-7-1-6-8(17-12(20)10(6)14)2-9(7)18-4-5(3-16-18)11(15)19/h1-4,10H,14H2,(H2,15,19)(H,17,20). The molecule has 0 spiro atoms. The zero-order valence-electron chi connectivity index (χ0n) is 10.1. The molecule has 0 saturated carbocycles. The molecule has 1 unspecified atom stereocenters. The van der Waals surface area contributed by atoms with E-state index in [9.17, 15) is 9.59 Å². The van der Waals surface area contributed by atoms with Crippen molar-refractivity contribution in [2.24, 2.45) is 11.5 Å². The minimum atomic E-state index is -0.672. The maximum Gasteiger partial charge on any atom is 0.251 e. The van der Waals surface area contributed by atoms with Crippen molar-refractivity contribution in [3.63, 3.8) is 0 Å². The number of nitrogens with two attached hydrogens (primary N) is 2. The van der Waals surface area contributed by atoms with Crippen LogP contribution < -0.4 is 16.8 Å². The first-order valence-electron chi connectivity index (χ1n) is 5.72. The molecule has 1 aliphatic rings. The summed E-state index contributed by atoms with van der Waals surface area (Å²) in [4.78, 5) is 22.6. The van der Waals surface area contributed by atoms with Crippen molar-refractivity contribution in [3.8, 4) is 5.69 Å². The number of nitrogens with one attached hydrogen (secondary N) is 1. The number of hydrogen-bond acceptors (Lipinski definition) is 4. The van der Waals surface area contributed by atoms with Gasteiger partial charge in [-0.1, -0.05) is 0 Å². The number of hydrogen-bond donors (Lipinski definition) is 3. The van der Waals surface area contributed by atoms with E-state index < -0.39 is 11.9 Å². The van der Waals surface area contributed by atoms with Gasteiger partial charge in [0.05, 0.1) is 17.4 Å². The maximum atomic E-state index is 11.5. The van der Waals surface area contributed by atoms with Crippen LogP contribution >= 0.6 is 15.9 Å². The number of nitrogens with zero attached hydrogens (tertiary/aromatic N) is 2. The van der Waals surface area contributed by atoms with Gasteiger partial charge >= 0.3 is 0 Å². The van der Waals surface area contributed by atoms with Crippen LogP contribution in [-0.2, 0) is 4.79 Å². The number of halogens is 1. The molecule has 8 heteroatoms. The lowest BCUT2D eigenvalue weighted by Gasteiger charge is -2.08. The second kappa shape index (κ2) is 4.43. The topological polar surface area (TPSA) is 116 Å². The van der Waals surface area contributed by atoms with Crippen LogP contribution in [0, 0.1) is 0 Å².